The fourth-order valence-corrected chi connectivity index (χ4v) is 1.63. The van der Waals surface area contributed by atoms with E-state index in [0.29, 0.717) is 13.2 Å². The van der Waals surface area contributed by atoms with Gasteiger partial charge in [0.15, 0.2) is 5.79 Å². The van der Waals surface area contributed by atoms with Crippen LogP contribution in [0.15, 0.2) is 0 Å². The molecule has 0 aliphatic heterocycles. The van der Waals surface area contributed by atoms with Crippen LogP contribution in [-0.4, -0.2) is 33.2 Å². The van der Waals surface area contributed by atoms with Crippen molar-refractivity contribution >= 4 is 0 Å². The molecule has 0 spiro atoms. The minimum Gasteiger partial charge on any atom is -0.382 e. The summed E-state index contributed by atoms with van der Waals surface area (Å²) in [5, 5.41) is 0. The predicted octanol–water partition coefficient (Wildman–Crippen LogP) is 1.57. The van der Waals surface area contributed by atoms with Crippen LogP contribution in [0.1, 0.15) is 25.7 Å². The SMILES string of the molecule is COCCOC1(OC)CCCC1. The first-order valence-electron chi connectivity index (χ1n) is 4.51. The lowest BCUT2D eigenvalue weighted by molar-refractivity contribution is -0.221. The zero-order valence-corrected chi connectivity index (χ0v) is 7.97. The lowest BCUT2D eigenvalue weighted by Crippen LogP contribution is -2.32. The molecule has 0 unspecified atom stereocenters. The molecule has 0 amide bonds. The van der Waals surface area contributed by atoms with E-state index in [-0.39, 0.29) is 5.79 Å². The molecule has 72 valence electrons. The highest BCUT2D eigenvalue weighted by Gasteiger charge is 2.34. The monoisotopic (exact) mass is 174 g/mol. The number of methoxy groups -OCH3 is 2. The molecular weight excluding hydrogens is 156 g/mol. The van der Waals surface area contributed by atoms with Crippen LogP contribution in [0.25, 0.3) is 0 Å². The molecule has 0 radical (unpaired) electrons. The average Bonchev–Trinajstić information content (AvgIpc) is 2.55. The van der Waals surface area contributed by atoms with Gasteiger partial charge < -0.3 is 14.2 Å². The average molecular weight is 174 g/mol. The molecular formula is C9H18O3. The van der Waals surface area contributed by atoms with Crippen molar-refractivity contribution in [1.29, 1.82) is 0 Å². The molecule has 1 aliphatic carbocycles. The van der Waals surface area contributed by atoms with E-state index in [1.165, 1.54) is 12.8 Å². The van der Waals surface area contributed by atoms with Gasteiger partial charge in [0, 0.05) is 27.1 Å². The van der Waals surface area contributed by atoms with Crippen molar-refractivity contribution < 1.29 is 14.2 Å². The van der Waals surface area contributed by atoms with Gasteiger partial charge >= 0.3 is 0 Å². The highest BCUT2D eigenvalue weighted by atomic mass is 16.7. The van der Waals surface area contributed by atoms with Crippen LogP contribution in [-0.2, 0) is 14.2 Å². The first-order valence-corrected chi connectivity index (χ1v) is 4.51. The van der Waals surface area contributed by atoms with E-state index in [1.807, 2.05) is 0 Å². The largest absolute Gasteiger partial charge is 0.382 e. The molecule has 1 saturated carbocycles. The van der Waals surface area contributed by atoms with Crippen LogP contribution in [0.4, 0.5) is 0 Å². The molecule has 0 aromatic heterocycles. The van der Waals surface area contributed by atoms with Gasteiger partial charge in [-0.25, -0.2) is 0 Å². The molecule has 0 aromatic carbocycles. The fraction of sp³-hybridized carbons (Fsp3) is 1.00. The van der Waals surface area contributed by atoms with Crippen molar-refractivity contribution in [3.8, 4) is 0 Å². The first-order chi connectivity index (χ1) is 5.83. The third-order valence-electron chi connectivity index (χ3n) is 2.39. The maximum atomic E-state index is 5.63. The summed E-state index contributed by atoms with van der Waals surface area (Å²) in [6.45, 7) is 1.27. The summed E-state index contributed by atoms with van der Waals surface area (Å²) < 4.78 is 15.9. The van der Waals surface area contributed by atoms with Crippen molar-refractivity contribution in [3.05, 3.63) is 0 Å². The molecule has 0 bridgehead atoms. The second-order valence-electron chi connectivity index (χ2n) is 3.16. The second-order valence-corrected chi connectivity index (χ2v) is 3.16. The molecule has 1 fully saturated rings. The van der Waals surface area contributed by atoms with Gasteiger partial charge in [-0.05, 0) is 12.8 Å². The molecule has 0 heterocycles. The topological polar surface area (TPSA) is 27.7 Å². The van der Waals surface area contributed by atoms with E-state index in [2.05, 4.69) is 0 Å². The van der Waals surface area contributed by atoms with Crippen molar-refractivity contribution in [2.45, 2.75) is 31.5 Å². The van der Waals surface area contributed by atoms with E-state index in [0.717, 1.165) is 12.8 Å². The quantitative estimate of drug-likeness (QED) is 0.467. The Morgan fingerprint density at radius 1 is 1.08 bits per heavy atom. The molecule has 1 aliphatic rings. The van der Waals surface area contributed by atoms with E-state index in [1.54, 1.807) is 14.2 Å². The van der Waals surface area contributed by atoms with Crippen molar-refractivity contribution in [3.63, 3.8) is 0 Å². The number of hydrogen-bond acceptors (Lipinski definition) is 3. The lowest BCUT2D eigenvalue weighted by atomic mass is 10.2. The van der Waals surface area contributed by atoms with Crippen LogP contribution in [0.3, 0.4) is 0 Å². The third-order valence-corrected chi connectivity index (χ3v) is 2.39. The summed E-state index contributed by atoms with van der Waals surface area (Å²) in [5.41, 5.74) is 0. The van der Waals surface area contributed by atoms with Crippen LogP contribution in [0.2, 0.25) is 0 Å². The molecule has 0 atom stereocenters. The van der Waals surface area contributed by atoms with Gasteiger partial charge in [0.25, 0.3) is 0 Å². The third kappa shape index (κ3) is 2.44. The van der Waals surface area contributed by atoms with Gasteiger partial charge in [-0.15, -0.1) is 0 Å². The Bertz CT molecular complexity index is 119. The number of hydrogen-bond donors (Lipinski definition) is 0. The summed E-state index contributed by atoms with van der Waals surface area (Å²) in [4.78, 5) is 0. The Hall–Kier alpha value is -0.120. The molecule has 0 saturated heterocycles. The van der Waals surface area contributed by atoms with Crippen LogP contribution < -0.4 is 0 Å². The van der Waals surface area contributed by atoms with E-state index < -0.39 is 0 Å². The predicted molar refractivity (Wildman–Crippen MR) is 46.0 cm³/mol. The Kier molecular flexibility index (Phi) is 3.98. The van der Waals surface area contributed by atoms with Crippen LogP contribution in [0.5, 0.6) is 0 Å². The molecule has 3 heteroatoms. The number of ether oxygens (including phenoxy) is 3. The van der Waals surface area contributed by atoms with E-state index in [9.17, 15) is 0 Å². The minimum absolute atomic E-state index is 0.293. The van der Waals surface area contributed by atoms with Gasteiger partial charge in [-0.1, -0.05) is 0 Å². The van der Waals surface area contributed by atoms with Crippen molar-refractivity contribution in [2.75, 3.05) is 27.4 Å². The molecule has 0 aromatic rings. The molecule has 0 N–H and O–H groups in total. The summed E-state index contributed by atoms with van der Waals surface area (Å²) in [6, 6.07) is 0. The maximum Gasteiger partial charge on any atom is 0.168 e. The summed E-state index contributed by atoms with van der Waals surface area (Å²) in [7, 11) is 3.40. The Balaban J connectivity index is 2.24. The van der Waals surface area contributed by atoms with Crippen LogP contribution >= 0.6 is 0 Å². The minimum atomic E-state index is -0.293. The standard InChI is InChI=1S/C9H18O3/c1-10-7-8-12-9(11-2)5-3-4-6-9/h3-8H2,1-2H3. The smallest absolute Gasteiger partial charge is 0.168 e. The Morgan fingerprint density at radius 2 is 1.75 bits per heavy atom. The first kappa shape index (κ1) is 9.96. The second kappa shape index (κ2) is 4.80. The maximum absolute atomic E-state index is 5.63. The van der Waals surface area contributed by atoms with Gasteiger partial charge in [0.05, 0.1) is 13.2 Å². The highest BCUT2D eigenvalue weighted by Crippen LogP contribution is 2.33. The van der Waals surface area contributed by atoms with Gasteiger partial charge in [0.2, 0.25) is 0 Å². The normalized spacial score (nSPS) is 21.5. The van der Waals surface area contributed by atoms with Crippen LogP contribution in [0, 0.1) is 0 Å². The Labute approximate surface area is 74.0 Å². The zero-order valence-electron chi connectivity index (χ0n) is 7.97. The van der Waals surface area contributed by atoms with Gasteiger partial charge in [-0.3, -0.25) is 0 Å². The zero-order chi connectivity index (χ0) is 8.86. The molecule has 3 nitrogen and oxygen atoms in total. The van der Waals surface area contributed by atoms with Crippen molar-refractivity contribution in [1.82, 2.24) is 0 Å². The van der Waals surface area contributed by atoms with Gasteiger partial charge in [0.1, 0.15) is 0 Å². The Morgan fingerprint density at radius 3 is 2.25 bits per heavy atom. The fourth-order valence-electron chi connectivity index (χ4n) is 1.63. The highest BCUT2D eigenvalue weighted by molar-refractivity contribution is 4.76. The molecule has 1 rings (SSSR count). The van der Waals surface area contributed by atoms with E-state index >= 15 is 0 Å². The van der Waals surface area contributed by atoms with Gasteiger partial charge in [-0.2, -0.15) is 0 Å². The summed E-state index contributed by atoms with van der Waals surface area (Å²) >= 11 is 0. The van der Waals surface area contributed by atoms with E-state index in [4.69, 9.17) is 14.2 Å². The summed E-state index contributed by atoms with van der Waals surface area (Å²) in [5.74, 6) is -0.293. The summed E-state index contributed by atoms with van der Waals surface area (Å²) in [6.07, 6.45) is 4.46. The lowest BCUT2D eigenvalue weighted by Gasteiger charge is -2.27. The number of rotatable bonds is 5. The van der Waals surface area contributed by atoms with Crippen molar-refractivity contribution in [2.24, 2.45) is 0 Å². The molecule has 12 heavy (non-hydrogen) atoms.